The maximum atomic E-state index is 12.7. The number of esters is 1. The number of carbonyl (C=O) groups excluding carboxylic acids is 2. The number of benzene rings is 3. The second-order valence-electron chi connectivity index (χ2n) is 8.03. The highest BCUT2D eigenvalue weighted by atomic mass is 16.5. The van der Waals surface area contributed by atoms with Gasteiger partial charge in [0.15, 0.2) is 11.8 Å². The normalized spacial score (nSPS) is 11.5. The fourth-order valence-electron chi connectivity index (χ4n) is 3.60. The summed E-state index contributed by atoms with van der Waals surface area (Å²) in [6.07, 6.45) is -0.686. The second kappa shape index (κ2) is 10.7. The molecule has 1 N–H and O–H groups in total. The number of hydrogen-bond donors (Lipinski definition) is 1. The van der Waals surface area contributed by atoms with Crippen LogP contribution in [0.4, 0.5) is 5.69 Å². The third kappa shape index (κ3) is 5.76. The Morgan fingerprint density at radius 1 is 0.971 bits per heavy atom. The number of aromatic nitrogens is 2. The molecule has 0 bridgehead atoms. The molecular weight excluding hydrogens is 442 g/mol. The number of aryl methyl sites for hydroxylation is 1. The lowest BCUT2D eigenvalue weighted by Crippen LogP contribution is -2.30. The quantitative estimate of drug-likeness (QED) is 0.348. The summed E-state index contributed by atoms with van der Waals surface area (Å²) in [6.45, 7) is 5.71. The van der Waals surface area contributed by atoms with Crippen LogP contribution in [0.5, 0.6) is 5.75 Å². The first kappa shape index (κ1) is 23.8. The molecule has 7 heteroatoms. The van der Waals surface area contributed by atoms with Crippen molar-refractivity contribution in [1.82, 2.24) is 9.78 Å². The Hall–Kier alpha value is -4.39. The van der Waals surface area contributed by atoms with Crippen molar-refractivity contribution in [2.45, 2.75) is 26.9 Å². The van der Waals surface area contributed by atoms with E-state index in [1.165, 1.54) is 0 Å². The Kier molecular flexibility index (Phi) is 7.26. The number of hydrogen-bond acceptors (Lipinski definition) is 5. The smallest absolute Gasteiger partial charge is 0.358 e. The average molecular weight is 470 g/mol. The molecule has 178 valence electrons. The van der Waals surface area contributed by atoms with E-state index in [1.54, 1.807) is 42.8 Å². The summed E-state index contributed by atoms with van der Waals surface area (Å²) in [5.41, 5.74) is 4.17. The zero-order valence-electron chi connectivity index (χ0n) is 19.9. The molecular formula is C28H27N3O4. The second-order valence-corrected chi connectivity index (χ2v) is 8.03. The van der Waals surface area contributed by atoms with Crippen molar-refractivity contribution in [2.24, 2.45) is 0 Å². The van der Waals surface area contributed by atoms with Crippen LogP contribution in [0.2, 0.25) is 0 Å². The van der Waals surface area contributed by atoms with Crippen molar-refractivity contribution in [2.75, 3.05) is 11.9 Å². The van der Waals surface area contributed by atoms with Gasteiger partial charge in [0.1, 0.15) is 5.75 Å². The van der Waals surface area contributed by atoms with Crippen LogP contribution in [0.15, 0.2) is 84.9 Å². The standard InChI is InChI=1S/C28H27N3O4/c1-4-34-28(33)25-18-26(31(30-25)23-13-8-10-19(2)16-23)21-11-9-12-22(17-21)29-27(32)20(3)35-24-14-6-5-7-15-24/h5-18,20H,4H2,1-3H3,(H,29,32)/t20-/m1/s1. The molecule has 4 aromatic rings. The lowest BCUT2D eigenvalue weighted by Gasteiger charge is -2.15. The van der Waals surface area contributed by atoms with Crippen LogP contribution in [-0.4, -0.2) is 34.4 Å². The van der Waals surface area contributed by atoms with Crippen LogP contribution in [0.1, 0.15) is 29.9 Å². The van der Waals surface area contributed by atoms with Gasteiger partial charge in [0.2, 0.25) is 0 Å². The van der Waals surface area contributed by atoms with Gasteiger partial charge >= 0.3 is 5.97 Å². The van der Waals surface area contributed by atoms with Gasteiger partial charge in [-0.05, 0) is 68.8 Å². The van der Waals surface area contributed by atoms with E-state index >= 15 is 0 Å². The fraction of sp³-hybridized carbons (Fsp3) is 0.179. The molecule has 35 heavy (non-hydrogen) atoms. The number of nitrogens with one attached hydrogen (secondary N) is 1. The van der Waals surface area contributed by atoms with Crippen molar-refractivity contribution in [3.63, 3.8) is 0 Å². The molecule has 0 fully saturated rings. The largest absolute Gasteiger partial charge is 0.481 e. The summed E-state index contributed by atoms with van der Waals surface area (Å²) in [6, 6.07) is 26.1. The number of rotatable bonds is 8. The van der Waals surface area contributed by atoms with Gasteiger partial charge in [-0.15, -0.1) is 0 Å². The lowest BCUT2D eigenvalue weighted by molar-refractivity contribution is -0.122. The first-order valence-corrected chi connectivity index (χ1v) is 11.4. The molecule has 0 spiro atoms. The van der Waals surface area contributed by atoms with Crippen LogP contribution < -0.4 is 10.1 Å². The Labute approximate surface area is 204 Å². The summed E-state index contributed by atoms with van der Waals surface area (Å²) in [5, 5.41) is 7.42. The van der Waals surface area contributed by atoms with E-state index < -0.39 is 12.1 Å². The zero-order valence-corrected chi connectivity index (χ0v) is 19.9. The van der Waals surface area contributed by atoms with Gasteiger partial charge in [0.05, 0.1) is 18.0 Å². The molecule has 4 rings (SSSR count). The van der Waals surface area contributed by atoms with Crippen molar-refractivity contribution < 1.29 is 19.1 Å². The third-order valence-corrected chi connectivity index (χ3v) is 5.29. The minimum atomic E-state index is -0.686. The van der Waals surface area contributed by atoms with Gasteiger partial charge in [-0.3, -0.25) is 4.79 Å². The Morgan fingerprint density at radius 2 is 1.74 bits per heavy atom. The Morgan fingerprint density at radius 3 is 2.49 bits per heavy atom. The van der Waals surface area contributed by atoms with Gasteiger partial charge < -0.3 is 14.8 Å². The van der Waals surface area contributed by atoms with Crippen LogP contribution in [0.3, 0.4) is 0 Å². The molecule has 3 aromatic carbocycles. The minimum absolute atomic E-state index is 0.211. The summed E-state index contributed by atoms with van der Waals surface area (Å²) in [7, 11) is 0. The summed E-state index contributed by atoms with van der Waals surface area (Å²) in [5.74, 6) is -0.139. The molecule has 1 aromatic heterocycles. The molecule has 0 aliphatic heterocycles. The Bertz CT molecular complexity index is 1330. The van der Waals surface area contributed by atoms with Crippen LogP contribution in [-0.2, 0) is 9.53 Å². The van der Waals surface area contributed by atoms with Crippen LogP contribution in [0, 0.1) is 6.92 Å². The molecule has 1 atom stereocenters. The predicted octanol–water partition coefficient (Wildman–Crippen LogP) is 5.43. The summed E-state index contributed by atoms with van der Waals surface area (Å²) < 4.78 is 12.6. The number of anilines is 1. The fourth-order valence-corrected chi connectivity index (χ4v) is 3.60. The first-order chi connectivity index (χ1) is 16.9. The molecule has 1 amide bonds. The van der Waals surface area contributed by atoms with Gasteiger partial charge in [-0.2, -0.15) is 5.10 Å². The molecule has 0 saturated carbocycles. The summed E-state index contributed by atoms with van der Waals surface area (Å²) in [4.78, 5) is 25.1. The highest BCUT2D eigenvalue weighted by molar-refractivity contribution is 5.95. The van der Waals surface area contributed by atoms with E-state index in [4.69, 9.17) is 9.47 Å². The molecule has 0 unspecified atom stereocenters. The van der Waals surface area contributed by atoms with Crippen molar-refractivity contribution >= 4 is 17.6 Å². The monoisotopic (exact) mass is 469 g/mol. The van der Waals surface area contributed by atoms with Gasteiger partial charge in [0, 0.05) is 11.3 Å². The Balaban J connectivity index is 1.62. The van der Waals surface area contributed by atoms with E-state index in [2.05, 4.69) is 10.4 Å². The third-order valence-electron chi connectivity index (χ3n) is 5.29. The van der Waals surface area contributed by atoms with E-state index in [0.717, 1.165) is 16.8 Å². The van der Waals surface area contributed by atoms with Crippen LogP contribution in [0.25, 0.3) is 16.9 Å². The number of ether oxygens (including phenoxy) is 2. The minimum Gasteiger partial charge on any atom is -0.481 e. The summed E-state index contributed by atoms with van der Waals surface area (Å²) >= 11 is 0. The highest BCUT2D eigenvalue weighted by Crippen LogP contribution is 2.27. The van der Waals surface area contributed by atoms with E-state index in [0.29, 0.717) is 17.1 Å². The topological polar surface area (TPSA) is 82.5 Å². The molecule has 7 nitrogen and oxygen atoms in total. The maximum absolute atomic E-state index is 12.7. The SMILES string of the molecule is CCOC(=O)c1cc(-c2cccc(NC(=O)[C@@H](C)Oc3ccccc3)c2)n(-c2cccc(C)c2)n1. The number of nitrogens with zero attached hydrogens (tertiary/aromatic N) is 2. The van der Waals surface area contributed by atoms with Gasteiger partial charge in [-0.25, -0.2) is 9.48 Å². The van der Waals surface area contributed by atoms with Gasteiger partial charge in [0.25, 0.3) is 5.91 Å². The zero-order chi connectivity index (χ0) is 24.8. The van der Waals surface area contributed by atoms with Crippen molar-refractivity contribution in [3.05, 3.63) is 96.2 Å². The molecule has 0 aliphatic carbocycles. The maximum Gasteiger partial charge on any atom is 0.358 e. The first-order valence-electron chi connectivity index (χ1n) is 11.4. The number of para-hydroxylation sites is 1. The molecule has 1 heterocycles. The molecule has 0 radical (unpaired) electrons. The van der Waals surface area contributed by atoms with Crippen LogP contribution >= 0.6 is 0 Å². The van der Waals surface area contributed by atoms with E-state index in [-0.39, 0.29) is 18.2 Å². The van der Waals surface area contributed by atoms with E-state index in [9.17, 15) is 9.59 Å². The lowest BCUT2D eigenvalue weighted by atomic mass is 10.1. The highest BCUT2D eigenvalue weighted by Gasteiger charge is 2.19. The average Bonchev–Trinajstić information content (AvgIpc) is 3.31. The van der Waals surface area contributed by atoms with Crippen molar-refractivity contribution in [3.8, 4) is 22.7 Å². The number of amides is 1. The predicted molar refractivity (Wildman–Crippen MR) is 135 cm³/mol. The van der Waals surface area contributed by atoms with E-state index in [1.807, 2.05) is 67.6 Å². The number of carbonyl (C=O) groups is 2. The van der Waals surface area contributed by atoms with Gasteiger partial charge in [-0.1, -0.05) is 42.5 Å². The molecule has 0 saturated heterocycles. The van der Waals surface area contributed by atoms with Crippen molar-refractivity contribution in [1.29, 1.82) is 0 Å². The molecule has 0 aliphatic rings.